The Labute approximate surface area is 175 Å². The summed E-state index contributed by atoms with van der Waals surface area (Å²) in [5.74, 6) is -0.0134. The zero-order valence-electron chi connectivity index (χ0n) is 15.4. The monoisotopic (exact) mass is 428 g/mol. The first kappa shape index (κ1) is 20.7. The molecule has 148 valence electrons. The Morgan fingerprint density at radius 3 is 2.45 bits per heavy atom. The average Bonchev–Trinajstić information content (AvgIpc) is 2.70. The van der Waals surface area contributed by atoms with Crippen LogP contribution in [-0.2, 0) is 16.6 Å². The number of nitrogens with one attached hydrogen (secondary N) is 1. The number of anilines is 2. The Hall–Kier alpha value is -3.03. The molecular weight excluding hydrogens is 412 g/mol. The summed E-state index contributed by atoms with van der Waals surface area (Å²) in [5, 5.41) is 15.0. The molecule has 8 heteroatoms. The van der Waals surface area contributed by atoms with Gasteiger partial charge in [-0.2, -0.15) is 0 Å². The van der Waals surface area contributed by atoms with Crippen molar-refractivity contribution in [2.45, 2.75) is 5.75 Å². The van der Waals surface area contributed by atoms with Crippen molar-refractivity contribution in [3.05, 3.63) is 98.6 Å². The molecule has 0 heterocycles. The molecular formula is C21H17ClN2O4S. The van der Waals surface area contributed by atoms with Gasteiger partial charge in [0.25, 0.3) is 5.69 Å². The van der Waals surface area contributed by atoms with E-state index in [0.29, 0.717) is 21.8 Å². The number of nitrogens with zero attached hydrogens (tertiary/aromatic N) is 1. The molecule has 0 aliphatic carbocycles. The standard InChI is InChI=1S/C21H17ClN2O4S/c1-29(28)13-16-11-17(8-9-18(16)22)23-19-10-7-15(12-20(19)24(26)27)21(25)14-5-3-2-4-6-14/h2-12,23H,13H2,1H3. The van der Waals surface area contributed by atoms with E-state index in [1.54, 1.807) is 60.9 Å². The predicted octanol–water partition coefficient (Wildman–Crippen LogP) is 5.10. The number of halogens is 1. The van der Waals surface area contributed by atoms with Gasteiger partial charge >= 0.3 is 0 Å². The molecule has 3 aromatic carbocycles. The Kier molecular flexibility index (Phi) is 6.41. The molecule has 0 aliphatic heterocycles. The van der Waals surface area contributed by atoms with Crippen LogP contribution < -0.4 is 5.32 Å². The zero-order chi connectivity index (χ0) is 21.0. The molecule has 0 saturated carbocycles. The van der Waals surface area contributed by atoms with E-state index in [1.165, 1.54) is 12.1 Å². The number of nitro benzene ring substituents is 1. The predicted molar refractivity (Wildman–Crippen MR) is 115 cm³/mol. The number of rotatable bonds is 7. The van der Waals surface area contributed by atoms with Crippen LogP contribution >= 0.6 is 11.6 Å². The van der Waals surface area contributed by atoms with Gasteiger partial charge in [-0.3, -0.25) is 19.1 Å². The number of benzene rings is 3. The summed E-state index contributed by atoms with van der Waals surface area (Å²) in [4.78, 5) is 23.6. The maximum absolute atomic E-state index is 12.6. The fourth-order valence-corrected chi connectivity index (χ4v) is 3.76. The maximum Gasteiger partial charge on any atom is 0.293 e. The second kappa shape index (κ2) is 8.98. The minimum Gasteiger partial charge on any atom is -0.350 e. The van der Waals surface area contributed by atoms with Gasteiger partial charge in [0.05, 0.1) is 4.92 Å². The van der Waals surface area contributed by atoms with E-state index in [-0.39, 0.29) is 28.5 Å². The highest BCUT2D eigenvalue weighted by Gasteiger charge is 2.19. The van der Waals surface area contributed by atoms with Crippen molar-refractivity contribution in [3.63, 3.8) is 0 Å². The van der Waals surface area contributed by atoms with Crippen LogP contribution in [0.5, 0.6) is 0 Å². The average molecular weight is 429 g/mol. The number of nitro groups is 1. The van der Waals surface area contributed by atoms with Gasteiger partial charge in [-0.15, -0.1) is 0 Å². The number of carbonyl (C=O) groups excluding carboxylic acids is 1. The number of hydrogen-bond acceptors (Lipinski definition) is 5. The Morgan fingerprint density at radius 1 is 1.07 bits per heavy atom. The fourth-order valence-electron chi connectivity index (χ4n) is 2.82. The third-order valence-electron chi connectivity index (χ3n) is 4.18. The Bertz CT molecular complexity index is 1100. The zero-order valence-corrected chi connectivity index (χ0v) is 17.0. The van der Waals surface area contributed by atoms with Crippen LogP contribution in [0.1, 0.15) is 21.5 Å². The van der Waals surface area contributed by atoms with Crippen molar-refractivity contribution in [1.82, 2.24) is 0 Å². The summed E-state index contributed by atoms with van der Waals surface area (Å²) in [6, 6.07) is 17.9. The first-order valence-electron chi connectivity index (χ1n) is 8.59. The van der Waals surface area contributed by atoms with Gasteiger partial charge in [-0.1, -0.05) is 41.9 Å². The van der Waals surface area contributed by atoms with E-state index in [4.69, 9.17) is 11.6 Å². The van der Waals surface area contributed by atoms with E-state index < -0.39 is 15.7 Å². The van der Waals surface area contributed by atoms with E-state index in [1.807, 2.05) is 0 Å². The van der Waals surface area contributed by atoms with Crippen LogP contribution in [0, 0.1) is 10.1 Å². The fraction of sp³-hybridized carbons (Fsp3) is 0.0952. The molecule has 0 aromatic heterocycles. The lowest BCUT2D eigenvalue weighted by Gasteiger charge is -2.11. The van der Waals surface area contributed by atoms with Crippen LogP contribution in [0.3, 0.4) is 0 Å². The van der Waals surface area contributed by atoms with Gasteiger partial charge in [0.15, 0.2) is 5.78 Å². The maximum atomic E-state index is 12.6. The van der Waals surface area contributed by atoms with E-state index in [9.17, 15) is 19.1 Å². The SMILES string of the molecule is CS(=O)Cc1cc(Nc2ccc(C(=O)c3ccccc3)cc2[N+](=O)[O-])ccc1Cl. The molecule has 0 radical (unpaired) electrons. The smallest absolute Gasteiger partial charge is 0.293 e. The third-order valence-corrected chi connectivity index (χ3v) is 5.26. The summed E-state index contributed by atoms with van der Waals surface area (Å²) in [5.41, 5.74) is 1.95. The topological polar surface area (TPSA) is 89.3 Å². The largest absolute Gasteiger partial charge is 0.350 e. The molecule has 1 N–H and O–H groups in total. The Balaban J connectivity index is 1.93. The Morgan fingerprint density at radius 2 is 1.79 bits per heavy atom. The minimum absolute atomic E-state index is 0.220. The van der Waals surface area contributed by atoms with Crippen molar-refractivity contribution >= 4 is 45.2 Å². The third kappa shape index (κ3) is 5.07. The first-order valence-corrected chi connectivity index (χ1v) is 10.7. The lowest BCUT2D eigenvalue weighted by atomic mass is 10.0. The molecule has 0 amide bonds. The van der Waals surface area contributed by atoms with Crippen LogP contribution in [0.2, 0.25) is 5.02 Å². The molecule has 0 saturated heterocycles. The molecule has 0 bridgehead atoms. The molecule has 0 aliphatic rings. The highest BCUT2D eigenvalue weighted by Crippen LogP contribution is 2.31. The van der Waals surface area contributed by atoms with Crippen molar-refractivity contribution in [2.24, 2.45) is 0 Å². The number of hydrogen-bond donors (Lipinski definition) is 1. The highest BCUT2D eigenvalue weighted by atomic mass is 35.5. The van der Waals surface area contributed by atoms with E-state index >= 15 is 0 Å². The van der Waals surface area contributed by atoms with Crippen LogP contribution in [0.25, 0.3) is 0 Å². The molecule has 29 heavy (non-hydrogen) atoms. The van der Waals surface area contributed by atoms with Gasteiger partial charge in [0.2, 0.25) is 0 Å². The summed E-state index contributed by atoms with van der Waals surface area (Å²) in [7, 11) is -1.08. The molecule has 0 fully saturated rings. The summed E-state index contributed by atoms with van der Waals surface area (Å²) in [6.45, 7) is 0. The number of ketones is 1. The normalized spacial score (nSPS) is 11.7. The van der Waals surface area contributed by atoms with Gasteiger partial charge in [0.1, 0.15) is 5.69 Å². The number of carbonyl (C=O) groups is 1. The van der Waals surface area contributed by atoms with Crippen LogP contribution in [0.15, 0.2) is 66.7 Å². The van der Waals surface area contributed by atoms with Crippen LogP contribution in [0.4, 0.5) is 17.1 Å². The van der Waals surface area contributed by atoms with Gasteiger partial charge in [-0.25, -0.2) is 0 Å². The molecule has 1 unspecified atom stereocenters. The summed E-state index contributed by atoms with van der Waals surface area (Å²) < 4.78 is 11.5. The second-order valence-corrected chi connectivity index (χ2v) is 8.18. The van der Waals surface area contributed by atoms with Crippen molar-refractivity contribution in [1.29, 1.82) is 0 Å². The lowest BCUT2D eigenvalue weighted by Crippen LogP contribution is -2.04. The van der Waals surface area contributed by atoms with Gasteiger partial charge in [-0.05, 0) is 35.9 Å². The molecule has 0 spiro atoms. The van der Waals surface area contributed by atoms with Crippen LogP contribution in [-0.4, -0.2) is 21.2 Å². The molecule has 3 rings (SSSR count). The molecule has 1 atom stereocenters. The quantitative estimate of drug-likeness (QED) is 0.321. The second-order valence-electron chi connectivity index (χ2n) is 6.33. The first-order chi connectivity index (χ1) is 13.8. The van der Waals surface area contributed by atoms with Gasteiger partial charge in [0, 0.05) is 50.7 Å². The minimum atomic E-state index is -1.08. The molecule has 6 nitrogen and oxygen atoms in total. The lowest BCUT2D eigenvalue weighted by molar-refractivity contribution is -0.383. The van der Waals surface area contributed by atoms with E-state index in [2.05, 4.69) is 5.32 Å². The summed E-state index contributed by atoms with van der Waals surface area (Å²) in [6.07, 6.45) is 1.57. The van der Waals surface area contributed by atoms with Crippen molar-refractivity contribution in [2.75, 3.05) is 11.6 Å². The highest BCUT2D eigenvalue weighted by molar-refractivity contribution is 7.83. The van der Waals surface area contributed by atoms with Crippen molar-refractivity contribution in [3.8, 4) is 0 Å². The van der Waals surface area contributed by atoms with Gasteiger partial charge < -0.3 is 5.32 Å². The van der Waals surface area contributed by atoms with Crippen molar-refractivity contribution < 1.29 is 13.9 Å². The van der Waals surface area contributed by atoms with E-state index in [0.717, 1.165) is 0 Å². The molecule has 3 aromatic rings. The summed E-state index contributed by atoms with van der Waals surface area (Å²) >= 11 is 6.13.